The van der Waals surface area contributed by atoms with Crippen LogP contribution in [0.3, 0.4) is 0 Å². The Morgan fingerprint density at radius 1 is 1.00 bits per heavy atom. The molecule has 1 heteroatoms. The van der Waals surface area contributed by atoms with Crippen molar-refractivity contribution in [1.29, 1.82) is 0 Å². The topological polar surface area (TPSA) is 12.0 Å². The number of hydrogen-bond donors (Lipinski definition) is 1. The summed E-state index contributed by atoms with van der Waals surface area (Å²) in [6, 6.07) is 0.687. The molecule has 1 atom stereocenters. The van der Waals surface area contributed by atoms with Crippen LogP contribution in [0.1, 0.15) is 90.9 Å². The summed E-state index contributed by atoms with van der Waals surface area (Å²) in [4.78, 5) is 0. The molecule has 1 unspecified atom stereocenters. The zero-order valence-electron chi connectivity index (χ0n) is 13.3. The molecule has 0 heterocycles. The molecule has 0 saturated carbocycles. The van der Waals surface area contributed by atoms with Gasteiger partial charge in [-0.15, -0.1) is 0 Å². The zero-order valence-corrected chi connectivity index (χ0v) is 13.3. The lowest BCUT2D eigenvalue weighted by Crippen LogP contribution is -2.32. The summed E-state index contributed by atoms with van der Waals surface area (Å²) in [5, 5.41) is 3.77. The van der Waals surface area contributed by atoms with Crippen molar-refractivity contribution < 1.29 is 0 Å². The van der Waals surface area contributed by atoms with Crippen molar-refractivity contribution in [2.24, 2.45) is 0 Å². The van der Waals surface area contributed by atoms with Crippen LogP contribution in [0.15, 0.2) is 11.6 Å². The molecule has 0 aromatic heterocycles. The molecule has 0 aromatic carbocycles. The Hall–Kier alpha value is -0.300. The minimum Gasteiger partial charge on any atom is -0.310 e. The second-order valence-corrected chi connectivity index (χ2v) is 6.09. The highest BCUT2D eigenvalue weighted by Gasteiger charge is 2.14. The quantitative estimate of drug-likeness (QED) is 0.378. The molecule has 0 saturated heterocycles. The first kappa shape index (κ1) is 16.8. The molecule has 0 aliphatic heterocycles. The Morgan fingerprint density at radius 3 is 2.47 bits per heavy atom. The van der Waals surface area contributed by atoms with E-state index in [1.807, 2.05) is 0 Å². The van der Waals surface area contributed by atoms with Crippen molar-refractivity contribution in [3.8, 4) is 0 Å². The van der Waals surface area contributed by atoms with E-state index < -0.39 is 0 Å². The van der Waals surface area contributed by atoms with E-state index in [9.17, 15) is 0 Å². The first-order valence-corrected chi connectivity index (χ1v) is 8.80. The summed E-state index contributed by atoms with van der Waals surface area (Å²) >= 11 is 0. The summed E-state index contributed by atoms with van der Waals surface area (Å²) < 4.78 is 0. The van der Waals surface area contributed by atoms with Crippen molar-refractivity contribution in [1.82, 2.24) is 5.32 Å². The Bertz CT molecular complexity index is 232. The Balaban J connectivity index is 2.22. The Kier molecular flexibility index (Phi) is 10.2. The van der Waals surface area contributed by atoms with E-state index >= 15 is 0 Å². The van der Waals surface area contributed by atoms with Gasteiger partial charge in [0.25, 0.3) is 0 Å². The first-order chi connectivity index (χ1) is 9.38. The standard InChI is InChI=1S/C18H35N/c1-3-5-6-7-8-12-15-18(19-16-4-2)17-13-10-9-11-14-17/h13,18-19H,3-12,14-16H2,1-2H3. The van der Waals surface area contributed by atoms with Crippen LogP contribution in [0, 0.1) is 0 Å². The van der Waals surface area contributed by atoms with Crippen molar-refractivity contribution in [2.45, 2.75) is 96.9 Å². The predicted molar refractivity (Wildman–Crippen MR) is 86.6 cm³/mol. The van der Waals surface area contributed by atoms with Crippen LogP contribution in [0.25, 0.3) is 0 Å². The Labute approximate surface area is 121 Å². The van der Waals surface area contributed by atoms with Crippen LogP contribution in [-0.4, -0.2) is 12.6 Å². The van der Waals surface area contributed by atoms with Crippen LogP contribution >= 0.6 is 0 Å². The van der Waals surface area contributed by atoms with Crippen molar-refractivity contribution >= 4 is 0 Å². The summed E-state index contributed by atoms with van der Waals surface area (Å²) in [5.41, 5.74) is 1.72. The van der Waals surface area contributed by atoms with Crippen LogP contribution in [-0.2, 0) is 0 Å². The third-order valence-corrected chi connectivity index (χ3v) is 4.26. The van der Waals surface area contributed by atoms with E-state index in [1.165, 1.54) is 83.6 Å². The zero-order chi connectivity index (χ0) is 13.8. The molecule has 0 aromatic rings. The fourth-order valence-corrected chi connectivity index (χ4v) is 3.05. The molecule has 1 rings (SSSR count). The van der Waals surface area contributed by atoms with Gasteiger partial charge in [0.15, 0.2) is 0 Å². The highest BCUT2D eigenvalue weighted by atomic mass is 14.9. The minimum atomic E-state index is 0.687. The van der Waals surface area contributed by atoms with E-state index in [4.69, 9.17) is 0 Å². The van der Waals surface area contributed by atoms with Crippen LogP contribution in [0.2, 0.25) is 0 Å². The largest absolute Gasteiger partial charge is 0.310 e. The van der Waals surface area contributed by atoms with Crippen LogP contribution in [0.5, 0.6) is 0 Å². The normalized spacial score (nSPS) is 17.3. The maximum atomic E-state index is 3.77. The van der Waals surface area contributed by atoms with E-state index in [2.05, 4.69) is 25.2 Å². The third kappa shape index (κ3) is 7.77. The van der Waals surface area contributed by atoms with E-state index in [0.717, 1.165) is 0 Å². The van der Waals surface area contributed by atoms with Gasteiger partial charge in [-0.2, -0.15) is 0 Å². The molecule has 0 fully saturated rings. The van der Waals surface area contributed by atoms with E-state index in [0.29, 0.717) is 6.04 Å². The molecule has 1 aliphatic carbocycles. The van der Waals surface area contributed by atoms with Crippen LogP contribution in [0.4, 0.5) is 0 Å². The Morgan fingerprint density at radius 2 is 1.79 bits per heavy atom. The fraction of sp³-hybridized carbons (Fsp3) is 0.889. The SMILES string of the molecule is CCCCCCCCC(NCCC)C1=CCCCC1. The smallest absolute Gasteiger partial charge is 0.0279 e. The third-order valence-electron chi connectivity index (χ3n) is 4.26. The molecular weight excluding hydrogens is 230 g/mol. The van der Waals surface area contributed by atoms with Gasteiger partial charge in [0.1, 0.15) is 0 Å². The molecule has 1 nitrogen and oxygen atoms in total. The summed E-state index contributed by atoms with van der Waals surface area (Å²) in [6.45, 7) is 5.74. The van der Waals surface area contributed by atoms with Gasteiger partial charge in [0.2, 0.25) is 0 Å². The molecule has 0 spiro atoms. The molecule has 1 aliphatic rings. The number of rotatable bonds is 11. The van der Waals surface area contributed by atoms with Crippen molar-refractivity contribution in [3.63, 3.8) is 0 Å². The van der Waals surface area contributed by atoms with Gasteiger partial charge in [-0.05, 0) is 45.1 Å². The minimum absolute atomic E-state index is 0.687. The highest BCUT2D eigenvalue weighted by Crippen LogP contribution is 2.23. The van der Waals surface area contributed by atoms with Gasteiger partial charge >= 0.3 is 0 Å². The molecule has 19 heavy (non-hydrogen) atoms. The molecule has 0 bridgehead atoms. The monoisotopic (exact) mass is 265 g/mol. The van der Waals surface area contributed by atoms with Gasteiger partial charge in [0.05, 0.1) is 0 Å². The second kappa shape index (κ2) is 11.5. The number of unbranched alkanes of at least 4 members (excludes halogenated alkanes) is 5. The average molecular weight is 265 g/mol. The fourth-order valence-electron chi connectivity index (χ4n) is 3.05. The molecule has 0 amide bonds. The van der Waals surface area contributed by atoms with Crippen molar-refractivity contribution in [2.75, 3.05) is 6.54 Å². The first-order valence-electron chi connectivity index (χ1n) is 8.80. The lowest BCUT2D eigenvalue weighted by atomic mass is 9.90. The lowest BCUT2D eigenvalue weighted by molar-refractivity contribution is 0.473. The van der Waals surface area contributed by atoms with Gasteiger partial charge in [-0.1, -0.05) is 64.0 Å². The second-order valence-electron chi connectivity index (χ2n) is 6.09. The number of allylic oxidation sites excluding steroid dienone is 1. The van der Waals surface area contributed by atoms with E-state index in [-0.39, 0.29) is 0 Å². The highest BCUT2D eigenvalue weighted by molar-refractivity contribution is 5.13. The maximum absolute atomic E-state index is 3.77. The molecule has 0 radical (unpaired) electrons. The summed E-state index contributed by atoms with van der Waals surface area (Å²) in [6.07, 6.45) is 19.1. The number of hydrogen-bond acceptors (Lipinski definition) is 1. The van der Waals surface area contributed by atoms with E-state index in [1.54, 1.807) is 5.57 Å². The van der Waals surface area contributed by atoms with Gasteiger partial charge in [-0.25, -0.2) is 0 Å². The lowest BCUT2D eigenvalue weighted by Gasteiger charge is -2.24. The molecule has 112 valence electrons. The van der Waals surface area contributed by atoms with Gasteiger partial charge in [-0.3, -0.25) is 0 Å². The van der Waals surface area contributed by atoms with Gasteiger partial charge < -0.3 is 5.32 Å². The maximum Gasteiger partial charge on any atom is 0.0279 e. The number of nitrogens with one attached hydrogen (secondary N) is 1. The van der Waals surface area contributed by atoms with Crippen molar-refractivity contribution in [3.05, 3.63) is 11.6 Å². The summed E-state index contributed by atoms with van der Waals surface area (Å²) in [7, 11) is 0. The predicted octanol–water partition coefficient (Wildman–Crippen LogP) is 5.61. The summed E-state index contributed by atoms with van der Waals surface area (Å²) in [5.74, 6) is 0. The molecule has 1 N–H and O–H groups in total. The average Bonchev–Trinajstić information content (AvgIpc) is 2.46. The van der Waals surface area contributed by atoms with Gasteiger partial charge in [0, 0.05) is 6.04 Å². The molecular formula is C18H35N. The van der Waals surface area contributed by atoms with Crippen LogP contribution < -0.4 is 5.32 Å².